The smallest absolute Gasteiger partial charge is 0.411 e. The van der Waals surface area contributed by atoms with Crippen LogP contribution in [0.2, 0.25) is 0 Å². The Morgan fingerprint density at radius 3 is 1.08 bits per heavy atom. The standard InChI is InChI=1S/C42H32F6N2O3.C27H22O5S/c1-7-23-49(24-8-2)35-27-32(17-21-37(35)52-6)40(41(43,44)45,42(46,47)48)33-18-22-38(36(28-33)50(25-9-3)26-10-4)53-34-19-15-31(16-20-34)39(51)30-13-11-29(5)12-14-30;1-19-3-5-20(6-4-19)27(28)21-7-9-23(10-8-21)32-24-13-17-26(18-14-24)33(29,30)25-15-11-22(31-2)12-16-25/h1-4,11-22,27-28H,23-26H2,5-6H3;3-18H,1-2H3. The molecule has 0 unspecified atom stereocenters. The highest BCUT2D eigenvalue weighted by molar-refractivity contribution is 7.91. The van der Waals surface area contributed by atoms with Crippen molar-refractivity contribution in [2.45, 2.75) is 41.4 Å². The zero-order chi connectivity index (χ0) is 62.4. The monoisotopic (exact) mass is 1180 g/mol. The number of benzene rings is 8. The minimum Gasteiger partial charge on any atom is -0.497 e. The molecule has 0 fully saturated rings. The summed E-state index contributed by atoms with van der Waals surface area (Å²) in [4.78, 5) is 28.4. The van der Waals surface area contributed by atoms with Crippen molar-refractivity contribution >= 4 is 32.8 Å². The molecule has 0 bridgehead atoms. The van der Waals surface area contributed by atoms with Gasteiger partial charge in [0.05, 0.1) is 61.6 Å². The van der Waals surface area contributed by atoms with Crippen molar-refractivity contribution in [2.75, 3.05) is 50.2 Å². The summed E-state index contributed by atoms with van der Waals surface area (Å²) in [6, 6.07) is 44.3. The molecule has 0 saturated heterocycles. The van der Waals surface area contributed by atoms with E-state index in [9.17, 15) is 18.0 Å². The zero-order valence-electron chi connectivity index (χ0n) is 46.8. The lowest BCUT2D eigenvalue weighted by atomic mass is 9.72. The fourth-order valence-corrected chi connectivity index (χ4v) is 10.3. The molecule has 0 amide bonds. The number of hydrogen-bond donors (Lipinski definition) is 0. The molecule has 0 heterocycles. The maximum atomic E-state index is 15.4. The second-order valence-electron chi connectivity index (χ2n) is 19.1. The van der Waals surface area contributed by atoms with Crippen LogP contribution in [0.5, 0.6) is 34.5 Å². The molecule has 0 saturated carbocycles. The van der Waals surface area contributed by atoms with Crippen molar-refractivity contribution in [2.24, 2.45) is 0 Å². The van der Waals surface area contributed by atoms with Gasteiger partial charge in [0.15, 0.2) is 17.3 Å². The van der Waals surface area contributed by atoms with Crippen molar-refractivity contribution in [3.05, 3.63) is 226 Å². The third kappa shape index (κ3) is 14.2. The van der Waals surface area contributed by atoms with Gasteiger partial charge in [0.1, 0.15) is 28.7 Å². The van der Waals surface area contributed by atoms with Gasteiger partial charge in [-0.05, 0) is 146 Å². The molecule has 0 spiro atoms. The highest BCUT2D eigenvalue weighted by Crippen LogP contribution is 2.58. The number of aryl methyl sites for hydroxylation is 2. The topological polar surface area (TPSA) is 112 Å². The van der Waals surface area contributed by atoms with Crippen LogP contribution in [0, 0.1) is 63.2 Å². The predicted octanol–water partition coefficient (Wildman–Crippen LogP) is 14.4. The number of carbonyl (C=O) groups excluding carboxylic acids is 2. The molecule has 0 N–H and O–H groups in total. The van der Waals surface area contributed by atoms with E-state index in [1.54, 1.807) is 72.8 Å². The van der Waals surface area contributed by atoms with E-state index in [-0.39, 0.29) is 76.2 Å². The second-order valence-corrected chi connectivity index (χ2v) is 21.1. The molecule has 0 aromatic heterocycles. The van der Waals surface area contributed by atoms with Crippen LogP contribution in [0.15, 0.2) is 192 Å². The zero-order valence-corrected chi connectivity index (χ0v) is 47.6. The number of nitrogens with zero attached hydrogens (tertiary/aromatic N) is 2. The Balaban J connectivity index is 0.000000273. The second kappa shape index (κ2) is 27.4. The summed E-state index contributed by atoms with van der Waals surface area (Å²) in [6.45, 7) is 2.80. The largest absolute Gasteiger partial charge is 0.497 e. The molecule has 0 aliphatic heterocycles. The van der Waals surface area contributed by atoms with Crippen molar-refractivity contribution < 1.29 is 63.3 Å². The highest BCUT2D eigenvalue weighted by Gasteiger charge is 2.72. The molecule has 8 aromatic rings. The van der Waals surface area contributed by atoms with E-state index in [1.807, 2.05) is 38.1 Å². The minimum atomic E-state index is -5.96. The number of methoxy groups -OCH3 is 2. The van der Waals surface area contributed by atoms with Gasteiger partial charge in [-0.2, -0.15) is 26.3 Å². The van der Waals surface area contributed by atoms with Crippen LogP contribution in [0.25, 0.3) is 0 Å². The molecule has 17 heteroatoms. The van der Waals surface area contributed by atoms with Crippen LogP contribution in [0.1, 0.15) is 54.1 Å². The van der Waals surface area contributed by atoms with Crippen molar-refractivity contribution in [1.29, 1.82) is 0 Å². The molecule has 0 aliphatic rings. The fourth-order valence-electron chi connectivity index (χ4n) is 9.06. The van der Waals surface area contributed by atoms with E-state index in [4.69, 9.17) is 44.6 Å². The van der Waals surface area contributed by atoms with Gasteiger partial charge in [0.2, 0.25) is 15.3 Å². The van der Waals surface area contributed by atoms with Crippen LogP contribution < -0.4 is 28.7 Å². The number of alkyl halides is 6. The number of halogens is 6. The van der Waals surface area contributed by atoms with Gasteiger partial charge >= 0.3 is 12.4 Å². The number of sulfone groups is 1. The Kier molecular flexibility index (Phi) is 20.1. The van der Waals surface area contributed by atoms with E-state index in [1.165, 1.54) is 72.6 Å². The summed E-state index contributed by atoms with van der Waals surface area (Å²) >= 11 is 0. The molecular formula is C69H54F6N2O8S. The maximum Gasteiger partial charge on any atom is 0.411 e. The summed E-state index contributed by atoms with van der Waals surface area (Å²) < 4.78 is 140. The lowest BCUT2D eigenvalue weighted by Gasteiger charge is -2.39. The highest BCUT2D eigenvalue weighted by atomic mass is 32.2. The summed E-state index contributed by atoms with van der Waals surface area (Å²) in [5.74, 6) is 10.5. The quantitative estimate of drug-likeness (QED) is 0.0415. The molecule has 0 atom stereocenters. The van der Waals surface area contributed by atoms with Crippen LogP contribution in [-0.4, -0.2) is 72.7 Å². The Morgan fingerprint density at radius 2 is 0.744 bits per heavy atom. The van der Waals surface area contributed by atoms with Crippen LogP contribution in [-0.2, 0) is 15.3 Å². The number of ether oxygens (including phenoxy) is 4. The Morgan fingerprint density at radius 1 is 0.430 bits per heavy atom. The van der Waals surface area contributed by atoms with Gasteiger partial charge in [-0.25, -0.2) is 8.42 Å². The van der Waals surface area contributed by atoms with Gasteiger partial charge in [0.25, 0.3) is 0 Å². The Bertz CT molecular complexity index is 3940. The van der Waals surface area contributed by atoms with E-state index >= 15 is 26.3 Å². The normalized spacial score (nSPS) is 11.2. The molecular weight excluding hydrogens is 1130 g/mol. The summed E-state index contributed by atoms with van der Waals surface area (Å²) in [5, 5.41) is 0. The summed E-state index contributed by atoms with van der Waals surface area (Å²) in [5.41, 5.74) is -3.37. The van der Waals surface area contributed by atoms with Crippen LogP contribution in [0.3, 0.4) is 0 Å². The Hall–Kier alpha value is -10.3. The fraction of sp³-hybridized carbons (Fsp3) is 0.159. The lowest BCUT2D eigenvalue weighted by Crippen LogP contribution is -2.55. The molecule has 8 aromatic carbocycles. The number of hydrogen-bond acceptors (Lipinski definition) is 10. The number of anilines is 2. The number of terminal acetylenes is 4. The minimum absolute atomic E-state index is 0.0530. The molecule has 10 nitrogen and oxygen atoms in total. The number of ketones is 2. The van der Waals surface area contributed by atoms with E-state index in [0.29, 0.717) is 57.7 Å². The first-order valence-corrected chi connectivity index (χ1v) is 27.5. The number of rotatable bonds is 20. The maximum absolute atomic E-state index is 15.4. The average Bonchev–Trinajstić information content (AvgIpc) is 0.836. The Labute approximate surface area is 495 Å². The molecule has 436 valence electrons. The van der Waals surface area contributed by atoms with Crippen molar-refractivity contribution in [3.8, 4) is 83.9 Å². The van der Waals surface area contributed by atoms with E-state index in [0.717, 1.165) is 29.3 Å². The van der Waals surface area contributed by atoms with Gasteiger partial charge in [-0.1, -0.05) is 95.5 Å². The SMILES string of the molecule is C#CCN(CC#C)c1cc(C(c2ccc(Oc3ccc(C(=O)c4ccc(C)cc4)cc3)c(N(CC#C)CC#C)c2)(C(F)(F)F)C(F)(F)F)ccc1OC.COc1ccc(S(=O)(=O)c2ccc(Oc3ccc(C(=O)c4ccc(C)cc4)cc3)cc2)cc1. The third-order valence-corrected chi connectivity index (χ3v) is 15.3. The lowest BCUT2D eigenvalue weighted by molar-refractivity contribution is -0.288. The van der Waals surface area contributed by atoms with Gasteiger partial charge in [0, 0.05) is 22.3 Å². The van der Waals surface area contributed by atoms with Gasteiger partial charge in [-0.15, -0.1) is 25.7 Å². The summed E-state index contributed by atoms with van der Waals surface area (Å²) in [7, 11) is -0.917. The van der Waals surface area contributed by atoms with Crippen LogP contribution in [0.4, 0.5) is 37.7 Å². The van der Waals surface area contributed by atoms with Gasteiger partial charge < -0.3 is 28.7 Å². The van der Waals surface area contributed by atoms with Crippen molar-refractivity contribution in [1.82, 2.24) is 0 Å². The van der Waals surface area contributed by atoms with E-state index < -0.39 is 38.7 Å². The molecule has 0 radical (unpaired) electrons. The number of carbonyl (C=O) groups is 2. The van der Waals surface area contributed by atoms with E-state index in [2.05, 4.69) is 23.7 Å². The first kappa shape index (κ1) is 63.3. The average molecular weight is 1190 g/mol. The summed E-state index contributed by atoms with van der Waals surface area (Å²) in [6.07, 6.45) is 10.0. The molecule has 86 heavy (non-hydrogen) atoms. The third-order valence-electron chi connectivity index (χ3n) is 13.5. The van der Waals surface area contributed by atoms with Crippen LogP contribution >= 0.6 is 0 Å². The molecule has 8 rings (SSSR count). The first-order valence-electron chi connectivity index (χ1n) is 26.0. The first-order chi connectivity index (χ1) is 41.0. The van der Waals surface area contributed by atoms with Crippen molar-refractivity contribution in [3.63, 3.8) is 0 Å². The molecule has 0 aliphatic carbocycles. The predicted molar refractivity (Wildman–Crippen MR) is 319 cm³/mol. The van der Waals surface area contributed by atoms with Gasteiger partial charge in [-0.3, -0.25) is 9.59 Å².